The van der Waals surface area contributed by atoms with Gasteiger partial charge in [0, 0.05) is 11.6 Å². The Morgan fingerprint density at radius 1 is 1.13 bits per heavy atom. The summed E-state index contributed by atoms with van der Waals surface area (Å²) in [4.78, 5) is 23.6. The average molecular weight is 422 g/mol. The standard InChI is InChI=1S/C20H26N2O8/c1-19(2)26-10-13(28-19)16-15(17-18(27-16)30-20(3,4)29-17)21-14(23)9-11-7-5-6-8-12(11)22(24)25/h5-8,13,15-18H,9-10H2,1-4H3,(H,21,23)/t13?,15-,16-,17-,18-/m1/s1. The highest BCUT2D eigenvalue weighted by molar-refractivity contribution is 5.80. The number of rotatable bonds is 5. The Kier molecular flexibility index (Phi) is 5.31. The van der Waals surface area contributed by atoms with Crippen LogP contribution in [0, 0.1) is 10.1 Å². The minimum Gasteiger partial charge on any atom is -0.348 e. The molecule has 0 aromatic heterocycles. The number of hydrogen-bond acceptors (Lipinski definition) is 8. The summed E-state index contributed by atoms with van der Waals surface area (Å²) < 4.78 is 29.4. The van der Waals surface area contributed by atoms with E-state index < -0.39 is 47.1 Å². The molecular formula is C20H26N2O8. The van der Waals surface area contributed by atoms with Crippen molar-refractivity contribution in [2.24, 2.45) is 0 Å². The van der Waals surface area contributed by atoms with Crippen molar-refractivity contribution < 1.29 is 33.4 Å². The zero-order valence-corrected chi connectivity index (χ0v) is 17.3. The van der Waals surface area contributed by atoms with Crippen molar-refractivity contribution in [3.8, 4) is 0 Å². The second-order valence-electron chi connectivity index (χ2n) is 8.59. The average Bonchev–Trinajstić information content (AvgIpc) is 3.25. The normalized spacial score (nSPS) is 33.9. The Bertz CT molecular complexity index is 842. The Morgan fingerprint density at radius 3 is 2.53 bits per heavy atom. The molecule has 5 atom stereocenters. The molecule has 4 rings (SSSR count). The molecule has 164 valence electrons. The summed E-state index contributed by atoms with van der Waals surface area (Å²) in [5, 5.41) is 14.2. The smallest absolute Gasteiger partial charge is 0.273 e. The van der Waals surface area contributed by atoms with Crippen LogP contribution in [0.2, 0.25) is 0 Å². The number of fused-ring (bicyclic) bond motifs is 1. The van der Waals surface area contributed by atoms with Gasteiger partial charge in [-0.1, -0.05) is 18.2 Å². The molecule has 10 heteroatoms. The van der Waals surface area contributed by atoms with Crippen LogP contribution >= 0.6 is 0 Å². The van der Waals surface area contributed by atoms with Crippen LogP contribution in [0.4, 0.5) is 5.69 Å². The van der Waals surface area contributed by atoms with E-state index in [0.29, 0.717) is 12.2 Å². The van der Waals surface area contributed by atoms with Crippen LogP contribution in [0.3, 0.4) is 0 Å². The Balaban J connectivity index is 1.51. The Morgan fingerprint density at radius 2 is 1.87 bits per heavy atom. The van der Waals surface area contributed by atoms with Crippen LogP contribution in [0.5, 0.6) is 0 Å². The van der Waals surface area contributed by atoms with E-state index in [4.69, 9.17) is 23.7 Å². The number of nitro benzene ring substituents is 1. The summed E-state index contributed by atoms with van der Waals surface area (Å²) in [6.45, 7) is 7.46. The number of benzene rings is 1. The zero-order valence-electron chi connectivity index (χ0n) is 17.3. The first kappa shape index (κ1) is 21.1. The zero-order chi connectivity index (χ0) is 21.7. The molecule has 30 heavy (non-hydrogen) atoms. The number of amides is 1. The molecule has 3 heterocycles. The van der Waals surface area contributed by atoms with Gasteiger partial charge in [-0.15, -0.1) is 0 Å². The first-order valence-electron chi connectivity index (χ1n) is 9.89. The minimum atomic E-state index is -0.853. The van der Waals surface area contributed by atoms with Gasteiger partial charge in [-0.05, 0) is 27.7 Å². The lowest BCUT2D eigenvalue weighted by molar-refractivity contribution is -0.385. The van der Waals surface area contributed by atoms with Crippen molar-refractivity contribution in [2.45, 2.75) is 76.3 Å². The fraction of sp³-hybridized carbons (Fsp3) is 0.650. The van der Waals surface area contributed by atoms with Gasteiger partial charge in [0.05, 0.1) is 24.0 Å². The summed E-state index contributed by atoms with van der Waals surface area (Å²) in [7, 11) is 0. The second kappa shape index (κ2) is 7.54. The third kappa shape index (κ3) is 4.19. The lowest BCUT2D eigenvalue weighted by Gasteiger charge is -2.29. The highest BCUT2D eigenvalue weighted by Crippen LogP contribution is 2.40. The third-order valence-electron chi connectivity index (χ3n) is 5.35. The molecule has 3 aliphatic heterocycles. The molecule has 0 radical (unpaired) electrons. The molecule has 0 bridgehead atoms. The number of ether oxygens (including phenoxy) is 5. The number of nitro groups is 1. The van der Waals surface area contributed by atoms with Gasteiger partial charge in [0.1, 0.15) is 18.3 Å². The van der Waals surface area contributed by atoms with Crippen molar-refractivity contribution in [3.05, 3.63) is 39.9 Å². The van der Waals surface area contributed by atoms with E-state index in [1.54, 1.807) is 45.9 Å². The van der Waals surface area contributed by atoms with E-state index in [1.807, 2.05) is 0 Å². The molecule has 0 saturated carbocycles. The Labute approximate surface area is 173 Å². The van der Waals surface area contributed by atoms with Gasteiger partial charge in [0.2, 0.25) is 5.91 Å². The highest BCUT2D eigenvalue weighted by atomic mass is 16.8. The molecule has 1 amide bonds. The molecule has 3 saturated heterocycles. The van der Waals surface area contributed by atoms with Crippen LogP contribution < -0.4 is 5.32 Å². The van der Waals surface area contributed by atoms with Gasteiger partial charge in [-0.25, -0.2) is 0 Å². The monoisotopic (exact) mass is 422 g/mol. The van der Waals surface area contributed by atoms with E-state index in [0.717, 1.165) is 0 Å². The maximum Gasteiger partial charge on any atom is 0.273 e. The van der Waals surface area contributed by atoms with Crippen LogP contribution in [0.1, 0.15) is 33.3 Å². The largest absolute Gasteiger partial charge is 0.348 e. The molecule has 10 nitrogen and oxygen atoms in total. The van der Waals surface area contributed by atoms with E-state index in [9.17, 15) is 14.9 Å². The number of carbonyl (C=O) groups is 1. The Hall–Kier alpha value is -2.11. The first-order valence-corrected chi connectivity index (χ1v) is 9.89. The van der Waals surface area contributed by atoms with Crippen molar-refractivity contribution in [3.63, 3.8) is 0 Å². The minimum absolute atomic E-state index is 0.0967. The predicted octanol–water partition coefficient (Wildman–Crippen LogP) is 1.65. The molecular weight excluding hydrogens is 396 g/mol. The van der Waals surface area contributed by atoms with Gasteiger partial charge < -0.3 is 29.0 Å². The molecule has 1 aromatic rings. The van der Waals surface area contributed by atoms with Gasteiger partial charge in [0.15, 0.2) is 17.9 Å². The van der Waals surface area contributed by atoms with Gasteiger partial charge >= 0.3 is 0 Å². The number of carbonyl (C=O) groups excluding carboxylic acids is 1. The number of nitrogens with one attached hydrogen (secondary N) is 1. The maximum atomic E-state index is 12.8. The topological polar surface area (TPSA) is 118 Å². The molecule has 1 N–H and O–H groups in total. The lowest BCUT2D eigenvalue weighted by Crippen LogP contribution is -2.53. The van der Waals surface area contributed by atoms with E-state index in [2.05, 4.69) is 5.32 Å². The van der Waals surface area contributed by atoms with E-state index in [1.165, 1.54) is 6.07 Å². The van der Waals surface area contributed by atoms with Crippen molar-refractivity contribution >= 4 is 11.6 Å². The van der Waals surface area contributed by atoms with E-state index >= 15 is 0 Å². The number of nitrogens with zero attached hydrogens (tertiary/aromatic N) is 1. The summed E-state index contributed by atoms with van der Waals surface area (Å²) in [5.74, 6) is -1.99. The quantitative estimate of drug-likeness (QED) is 0.562. The van der Waals surface area contributed by atoms with Gasteiger partial charge in [0.25, 0.3) is 5.69 Å². The number of hydrogen-bond donors (Lipinski definition) is 1. The second-order valence-corrected chi connectivity index (χ2v) is 8.59. The van der Waals surface area contributed by atoms with Gasteiger partial charge in [-0.3, -0.25) is 14.9 Å². The third-order valence-corrected chi connectivity index (χ3v) is 5.35. The highest BCUT2D eigenvalue weighted by Gasteiger charge is 2.58. The molecule has 0 spiro atoms. The fourth-order valence-corrected chi connectivity index (χ4v) is 4.14. The maximum absolute atomic E-state index is 12.8. The SMILES string of the molecule is CC1(C)OCC([C@H]2O[C@@H]3OC(C)(C)O[C@@H]3[C@@H]2NC(=O)Cc2ccccc2[N+](=O)[O-])O1. The molecule has 1 unspecified atom stereocenters. The summed E-state index contributed by atoms with van der Waals surface area (Å²) >= 11 is 0. The van der Waals surface area contributed by atoms with Crippen LogP contribution in [-0.4, -0.2) is 59.7 Å². The van der Waals surface area contributed by atoms with Crippen LogP contribution in [0.15, 0.2) is 24.3 Å². The van der Waals surface area contributed by atoms with Crippen LogP contribution in [-0.2, 0) is 34.9 Å². The molecule has 1 aromatic carbocycles. The van der Waals surface area contributed by atoms with Crippen molar-refractivity contribution in [2.75, 3.05) is 6.61 Å². The van der Waals surface area contributed by atoms with Gasteiger partial charge in [-0.2, -0.15) is 0 Å². The van der Waals surface area contributed by atoms with E-state index in [-0.39, 0.29) is 18.0 Å². The summed E-state index contributed by atoms with van der Waals surface area (Å²) in [6, 6.07) is 5.61. The lowest BCUT2D eigenvalue weighted by atomic mass is 10.0. The summed E-state index contributed by atoms with van der Waals surface area (Å²) in [6.07, 6.45) is -2.30. The molecule has 3 aliphatic rings. The van der Waals surface area contributed by atoms with Crippen molar-refractivity contribution in [1.29, 1.82) is 0 Å². The number of para-hydroxylation sites is 1. The molecule has 3 fully saturated rings. The fourth-order valence-electron chi connectivity index (χ4n) is 4.14. The molecule has 0 aliphatic carbocycles. The van der Waals surface area contributed by atoms with Crippen molar-refractivity contribution in [1.82, 2.24) is 5.32 Å². The van der Waals surface area contributed by atoms with Crippen LogP contribution in [0.25, 0.3) is 0 Å². The predicted molar refractivity (Wildman–Crippen MR) is 102 cm³/mol. The first-order chi connectivity index (χ1) is 14.0. The summed E-state index contributed by atoms with van der Waals surface area (Å²) in [5.41, 5.74) is 0.234.